The highest BCUT2D eigenvalue weighted by atomic mass is 32.1. The molecule has 2 amide bonds. The topological polar surface area (TPSA) is 38.8 Å². The van der Waals surface area contributed by atoms with E-state index < -0.39 is 0 Å². The summed E-state index contributed by atoms with van der Waals surface area (Å²) in [5.74, 6) is 0. The second kappa shape index (κ2) is 8.87. The van der Waals surface area contributed by atoms with Crippen molar-refractivity contribution in [1.29, 1.82) is 0 Å². The van der Waals surface area contributed by atoms with E-state index in [4.69, 9.17) is 0 Å². The first-order valence-corrected chi connectivity index (χ1v) is 9.21. The summed E-state index contributed by atoms with van der Waals surface area (Å²) in [4.78, 5) is 19.6. The van der Waals surface area contributed by atoms with Crippen LogP contribution in [0.2, 0.25) is 0 Å². The Morgan fingerprint density at radius 1 is 1.08 bits per heavy atom. The number of thiophene rings is 1. The number of anilines is 1. The standard InChI is InChI=1S/C19H28N4OS/c1-21(2)16-10-8-15(9-11-16)14-23(5)19(24)20-13-17(22(3)4)18-7-6-12-25-18/h6-12,17H,13-14H2,1-5H3,(H,20,24). The molecule has 6 heteroatoms. The van der Waals surface area contributed by atoms with Gasteiger partial charge in [0.25, 0.3) is 0 Å². The number of nitrogens with one attached hydrogen (secondary N) is 1. The first kappa shape index (κ1) is 19.3. The molecular weight excluding hydrogens is 332 g/mol. The minimum atomic E-state index is -0.0555. The fourth-order valence-electron chi connectivity index (χ4n) is 2.58. The predicted octanol–water partition coefficient (Wildman–Crippen LogP) is 3.26. The highest BCUT2D eigenvalue weighted by Gasteiger charge is 2.17. The number of likely N-dealkylation sites (N-methyl/N-ethyl adjacent to an activating group) is 1. The lowest BCUT2D eigenvalue weighted by Crippen LogP contribution is -2.41. The summed E-state index contributed by atoms with van der Waals surface area (Å²) < 4.78 is 0. The minimum Gasteiger partial charge on any atom is -0.378 e. The highest BCUT2D eigenvalue weighted by Crippen LogP contribution is 2.22. The van der Waals surface area contributed by atoms with Crippen molar-refractivity contribution in [2.45, 2.75) is 12.6 Å². The van der Waals surface area contributed by atoms with Crippen LogP contribution in [0.4, 0.5) is 10.5 Å². The second-order valence-electron chi connectivity index (χ2n) is 6.60. The van der Waals surface area contributed by atoms with Gasteiger partial charge in [-0.3, -0.25) is 0 Å². The Bertz CT molecular complexity index is 653. The molecule has 1 aromatic heterocycles. The van der Waals surface area contributed by atoms with E-state index in [9.17, 15) is 4.79 Å². The van der Waals surface area contributed by atoms with Gasteiger partial charge in [0.2, 0.25) is 0 Å². The molecule has 5 nitrogen and oxygen atoms in total. The molecular formula is C19H28N4OS. The summed E-state index contributed by atoms with van der Waals surface area (Å²) >= 11 is 1.72. The SMILES string of the molecule is CN(Cc1ccc(N(C)C)cc1)C(=O)NCC(c1cccs1)N(C)C. The van der Waals surface area contributed by atoms with Crippen LogP contribution < -0.4 is 10.2 Å². The van der Waals surface area contributed by atoms with Crippen LogP contribution in [-0.2, 0) is 6.54 Å². The lowest BCUT2D eigenvalue weighted by atomic mass is 10.2. The van der Waals surface area contributed by atoms with Gasteiger partial charge in [-0.2, -0.15) is 0 Å². The Labute approximate surface area is 154 Å². The van der Waals surface area contributed by atoms with Gasteiger partial charge in [0.05, 0.1) is 6.04 Å². The Morgan fingerprint density at radius 3 is 2.28 bits per heavy atom. The summed E-state index contributed by atoms with van der Waals surface area (Å²) in [6, 6.07) is 12.6. The summed E-state index contributed by atoms with van der Waals surface area (Å²) in [5.41, 5.74) is 2.27. The molecule has 0 saturated heterocycles. The van der Waals surface area contributed by atoms with Crippen molar-refractivity contribution in [3.05, 3.63) is 52.2 Å². The Balaban J connectivity index is 1.89. The molecule has 0 aliphatic heterocycles. The lowest BCUT2D eigenvalue weighted by Gasteiger charge is -2.25. The largest absolute Gasteiger partial charge is 0.378 e. The average molecular weight is 361 g/mol. The number of carbonyl (C=O) groups is 1. The van der Waals surface area contributed by atoms with Gasteiger partial charge < -0.3 is 20.0 Å². The fourth-order valence-corrected chi connectivity index (χ4v) is 3.51. The summed E-state index contributed by atoms with van der Waals surface area (Å²) in [6.07, 6.45) is 0. The quantitative estimate of drug-likeness (QED) is 0.824. The predicted molar refractivity (Wildman–Crippen MR) is 106 cm³/mol. The van der Waals surface area contributed by atoms with Crippen molar-refractivity contribution >= 4 is 23.1 Å². The van der Waals surface area contributed by atoms with Crippen LogP contribution in [0.25, 0.3) is 0 Å². The molecule has 2 aromatic rings. The Kier molecular flexibility index (Phi) is 6.84. The molecule has 0 aliphatic rings. The smallest absolute Gasteiger partial charge is 0.317 e. The molecule has 1 atom stereocenters. The molecule has 0 saturated carbocycles. The number of carbonyl (C=O) groups excluding carboxylic acids is 1. The van der Waals surface area contributed by atoms with E-state index in [2.05, 4.69) is 50.8 Å². The third kappa shape index (κ3) is 5.47. The van der Waals surface area contributed by atoms with E-state index in [0.717, 1.165) is 11.3 Å². The van der Waals surface area contributed by atoms with Gasteiger partial charge in [0.15, 0.2) is 0 Å². The van der Waals surface area contributed by atoms with Gasteiger partial charge in [-0.1, -0.05) is 18.2 Å². The Morgan fingerprint density at radius 2 is 1.76 bits per heavy atom. The molecule has 0 bridgehead atoms. The summed E-state index contributed by atoms with van der Waals surface area (Å²) in [6.45, 7) is 1.18. The number of amides is 2. The maximum Gasteiger partial charge on any atom is 0.317 e. The average Bonchev–Trinajstić information content (AvgIpc) is 3.09. The highest BCUT2D eigenvalue weighted by molar-refractivity contribution is 7.10. The van der Waals surface area contributed by atoms with E-state index in [0.29, 0.717) is 13.1 Å². The van der Waals surface area contributed by atoms with E-state index in [1.807, 2.05) is 41.3 Å². The number of hydrogen-bond donors (Lipinski definition) is 1. The van der Waals surface area contributed by atoms with E-state index >= 15 is 0 Å². The molecule has 25 heavy (non-hydrogen) atoms. The van der Waals surface area contributed by atoms with Crippen LogP contribution in [0.15, 0.2) is 41.8 Å². The first-order chi connectivity index (χ1) is 11.9. The normalized spacial score (nSPS) is 12.1. The number of urea groups is 1. The summed E-state index contributed by atoms with van der Waals surface area (Å²) in [5, 5.41) is 5.11. The number of hydrogen-bond acceptors (Lipinski definition) is 4. The molecule has 136 valence electrons. The number of benzene rings is 1. The van der Waals surface area contributed by atoms with Crippen LogP contribution in [0, 0.1) is 0 Å². The Hall–Kier alpha value is -2.05. The molecule has 1 unspecified atom stereocenters. The molecule has 0 fully saturated rings. The molecule has 1 N–H and O–H groups in total. The van der Waals surface area contributed by atoms with Gasteiger partial charge in [-0.25, -0.2) is 4.79 Å². The van der Waals surface area contributed by atoms with Crippen molar-refractivity contribution in [2.75, 3.05) is 46.7 Å². The number of nitrogens with zero attached hydrogens (tertiary/aromatic N) is 3. The van der Waals surface area contributed by atoms with Gasteiger partial charge in [-0.05, 0) is 43.2 Å². The zero-order valence-electron chi connectivity index (χ0n) is 15.7. The third-order valence-electron chi connectivity index (χ3n) is 4.16. The van der Waals surface area contributed by atoms with Crippen molar-refractivity contribution in [3.63, 3.8) is 0 Å². The molecule has 0 spiro atoms. The molecule has 1 aromatic carbocycles. The molecule has 2 rings (SSSR count). The van der Waals surface area contributed by atoms with Gasteiger partial charge in [-0.15, -0.1) is 11.3 Å². The molecule has 1 heterocycles. The fraction of sp³-hybridized carbons (Fsp3) is 0.421. The van der Waals surface area contributed by atoms with Crippen molar-refractivity contribution in [1.82, 2.24) is 15.1 Å². The van der Waals surface area contributed by atoms with Crippen LogP contribution in [0.3, 0.4) is 0 Å². The molecule has 0 aliphatic carbocycles. The van der Waals surface area contributed by atoms with Crippen LogP contribution in [0.1, 0.15) is 16.5 Å². The molecule has 0 radical (unpaired) electrons. The van der Waals surface area contributed by atoms with E-state index in [1.165, 1.54) is 4.88 Å². The third-order valence-corrected chi connectivity index (χ3v) is 5.13. The van der Waals surface area contributed by atoms with Crippen molar-refractivity contribution < 1.29 is 4.79 Å². The van der Waals surface area contributed by atoms with Crippen molar-refractivity contribution in [3.8, 4) is 0 Å². The monoisotopic (exact) mass is 360 g/mol. The van der Waals surface area contributed by atoms with E-state index in [1.54, 1.807) is 16.2 Å². The van der Waals surface area contributed by atoms with Crippen LogP contribution >= 0.6 is 11.3 Å². The number of rotatable bonds is 7. The minimum absolute atomic E-state index is 0.0555. The first-order valence-electron chi connectivity index (χ1n) is 8.33. The lowest BCUT2D eigenvalue weighted by molar-refractivity contribution is 0.201. The van der Waals surface area contributed by atoms with Gasteiger partial charge in [0, 0.05) is 44.8 Å². The maximum atomic E-state index is 12.4. The summed E-state index contributed by atoms with van der Waals surface area (Å²) in [7, 11) is 9.93. The van der Waals surface area contributed by atoms with Crippen molar-refractivity contribution in [2.24, 2.45) is 0 Å². The zero-order chi connectivity index (χ0) is 18.4. The second-order valence-corrected chi connectivity index (χ2v) is 7.58. The van der Waals surface area contributed by atoms with E-state index in [-0.39, 0.29) is 12.1 Å². The van der Waals surface area contributed by atoms with Gasteiger partial charge in [0.1, 0.15) is 0 Å². The van der Waals surface area contributed by atoms with Crippen LogP contribution in [0.5, 0.6) is 0 Å². The van der Waals surface area contributed by atoms with Gasteiger partial charge >= 0.3 is 6.03 Å². The van der Waals surface area contributed by atoms with Crippen LogP contribution in [-0.4, -0.2) is 57.6 Å². The maximum absolute atomic E-state index is 12.4. The zero-order valence-corrected chi connectivity index (χ0v) is 16.5.